The number of carbonyl (C=O) groups is 2. The predicted molar refractivity (Wildman–Crippen MR) is 154 cm³/mol. The van der Waals surface area contributed by atoms with Crippen LogP contribution in [-0.2, 0) is 29.0 Å². The number of amides is 2. The van der Waals surface area contributed by atoms with Crippen LogP contribution in [0.25, 0.3) is 22.1 Å². The highest BCUT2D eigenvalue weighted by molar-refractivity contribution is 5.82. The standard InChI is InChI=1S/C32H38N6O2/c1-2-15-37(31(39)22-9-10-22)19-29-33-24-13-7-20(17-26(24)34-29)5-6-21-8-14-25-27(18-21)36-30(35-25)28-4-3-16-38(28)32(40)23-11-12-23/h7-8,13-14,17-18,22-23,28H,2-6,9-12,15-16,19H2,1H3,(H,33,34)(H,35,36)/t28-/m0/s1. The van der Waals surface area contributed by atoms with Gasteiger partial charge in [0.15, 0.2) is 0 Å². The van der Waals surface area contributed by atoms with Gasteiger partial charge in [-0.1, -0.05) is 19.1 Å². The van der Waals surface area contributed by atoms with Gasteiger partial charge in [-0.25, -0.2) is 9.97 Å². The zero-order valence-corrected chi connectivity index (χ0v) is 23.3. The van der Waals surface area contributed by atoms with E-state index in [4.69, 9.17) is 9.97 Å². The van der Waals surface area contributed by atoms with Crippen LogP contribution in [0, 0.1) is 11.8 Å². The molecule has 0 unspecified atom stereocenters. The molecule has 2 aromatic carbocycles. The molecule has 0 spiro atoms. The van der Waals surface area contributed by atoms with Crippen LogP contribution in [0.2, 0.25) is 0 Å². The largest absolute Gasteiger partial charge is 0.340 e. The number of aryl methyl sites for hydroxylation is 2. The molecule has 40 heavy (non-hydrogen) atoms. The highest BCUT2D eigenvalue weighted by atomic mass is 16.2. The molecule has 2 N–H and O–H groups in total. The number of hydrogen-bond donors (Lipinski definition) is 2. The lowest BCUT2D eigenvalue weighted by Gasteiger charge is -2.23. The van der Waals surface area contributed by atoms with Crippen LogP contribution >= 0.6 is 0 Å². The SMILES string of the molecule is CCCN(Cc1nc2ccc(CCc3ccc4nc([C@@H]5CCCN5C(=O)C5CC5)[nH]c4c3)cc2[nH]1)C(=O)C1CC1. The zero-order chi connectivity index (χ0) is 27.2. The maximum atomic E-state index is 12.8. The Bertz CT molecular complexity index is 1560. The van der Waals surface area contributed by atoms with Crippen LogP contribution in [0.1, 0.15) is 80.7 Å². The minimum atomic E-state index is 0.0795. The highest BCUT2D eigenvalue weighted by Crippen LogP contribution is 2.38. The fourth-order valence-electron chi connectivity index (χ4n) is 6.20. The average molecular weight is 539 g/mol. The summed E-state index contributed by atoms with van der Waals surface area (Å²) >= 11 is 0. The number of fused-ring (bicyclic) bond motifs is 2. The van der Waals surface area contributed by atoms with Gasteiger partial charge >= 0.3 is 0 Å². The number of rotatable bonds is 10. The summed E-state index contributed by atoms with van der Waals surface area (Å²) in [5.74, 6) is 2.84. The van der Waals surface area contributed by atoms with E-state index in [9.17, 15) is 9.59 Å². The van der Waals surface area contributed by atoms with Crippen molar-refractivity contribution in [2.75, 3.05) is 13.1 Å². The lowest BCUT2D eigenvalue weighted by molar-refractivity contribution is -0.134. The van der Waals surface area contributed by atoms with Crippen LogP contribution in [0.4, 0.5) is 0 Å². The third-order valence-corrected chi connectivity index (χ3v) is 8.71. The second-order valence-corrected chi connectivity index (χ2v) is 12.0. The summed E-state index contributed by atoms with van der Waals surface area (Å²) < 4.78 is 0. The van der Waals surface area contributed by atoms with E-state index in [0.717, 1.165) is 105 Å². The Morgan fingerprint density at radius 1 is 0.900 bits per heavy atom. The van der Waals surface area contributed by atoms with Gasteiger partial charge in [0.2, 0.25) is 11.8 Å². The van der Waals surface area contributed by atoms with E-state index in [0.29, 0.717) is 12.5 Å². The molecule has 1 saturated heterocycles. The first kappa shape index (κ1) is 25.3. The number of aromatic amines is 2. The van der Waals surface area contributed by atoms with E-state index in [1.54, 1.807) is 0 Å². The van der Waals surface area contributed by atoms with Crippen LogP contribution < -0.4 is 0 Å². The fourth-order valence-corrected chi connectivity index (χ4v) is 6.20. The van der Waals surface area contributed by atoms with Gasteiger partial charge in [0, 0.05) is 24.9 Å². The van der Waals surface area contributed by atoms with Gasteiger partial charge < -0.3 is 19.8 Å². The van der Waals surface area contributed by atoms with Crippen molar-refractivity contribution in [1.82, 2.24) is 29.7 Å². The average Bonchev–Trinajstić information content (AvgIpc) is 3.86. The van der Waals surface area contributed by atoms with Gasteiger partial charge in [-0.05, 0) is 93.2 Å². The van der Waals surface area contributed by atoms with Gasteiger partial charge in [-0.15, -0.1) is 0 Å². The lowest BCUT2D eigenvalue weighted by Crippen LogP contribution is -2.32. The van der Waals surface area contributed by atoms with Crippen molar-refractivity contribution in [3.8, 4) is 0 Å². The summed E-state index contributed by atoms with van der Waals surface area (Å²) in [5.41, 5.74) is 6.50. The van der Waals surface area contributed by atoms with E-state index in [1.807, 2.05) is 4.90 Å². The van der Waals surface area contributed by atoms with Gasteiger partial charge in [0.1, 0.15) is 11.6 Å². The monoisotopic (exact) mass is 538 g/mol. The molecular formula is C32H38N6O2. The normalized spacial score (nSPS) is 19.1. The number of benzene rings is 2. The van der Waals surface area contributed by atoms with E-state index in [-0.39, 0.29) is 23.8 Å². The molecule has 2 amide bonds. The number of likely N-dealkylation sites (tertiary alicyclic amines) is 1. The minimum absolute atomic E-state index is 0.0795. The van der Waals surface area contributed by atoms with Crippen molar-refractivity contribution >= 4 is 33.9 Å². The van der Waals surface area contributed by atoms with Crippen molar-refractivity contribution < 1.29 is 9.59 Å². The molecule has 208 valence electrons. The van der Waals surface area contributed by atoms with Gasteiger partial charge in [0.25, 0.3) is 0 Å². The van der Waals surface area contributed by atoms with E-state index < -0.39 is 0 Å². The first-order chi connectivity index (χ1) is 19.6. The third kappa shape index (κ3) is 5.11. The maximum absolute atomic E-state index is 12.8. The summed E-state index contributed by atoms with van der Waals surface area (Å²) in [5, 5.41) is 0. The van der Waals surface area contributed by atoms with Gasteiger partial charge in [-0.2, -0.15) is 0 Å². The molecule has 2 aliphatic carbocycles. The highest BCUT2D eigenvalue weighted by Gasteiger charge is 2.39. The summed E-state index contributed by atoms with van der Waals surface area (Å²) in [6.07, 6.45) is 8.96. The molecule has 3 heterocycles. The number of carbonyl (C=O) groups excluding carboxylic acids is 2. The predicted octanol–water partition coefficient (Wildman–Crippen LogP) is 5.45. The number of hydrogen-bond acceptors (Lipinski definition) is 4. The molecule has 3 fully saturated rings. The molecule has 0 bridgehead atoms. The smallest absolute Gasteiger partial charge is 0.226 e. The van der Waals surface area contributed by atoms with E-state index in [2.05, 4.69) is 58.2 Å². The first-order valence-electron chi connectivity index (χ1n) is 15.1. The third-order valence-electron chi connectivity index (χ3n) is 8.71. The molecule has 0 radical (unpaired) electrons. The molecule has 2 saturated carbocycles. The Kier molecular flexibility index (Phi) is 6.56. The Morgan fingerprint density at radius 3 is 2.25 bits per heavy atom. The Labute approximate surface area is 234 Å². The molecule has 4 aromatic rings. The van der Waals surface area contributed by atoms with Crippen LogP contribution in [0.5, 0.6) is 0 Å². The van der Waals surface area contributed by atoms with Gasteiger partial charge in [-0.3, -0.25) is 9.59 Å². The van der Waals surface area contributed by atoms with Crippen molar-refractivity contribution in [3.05, 3.63) is 59.2 Å². The molecule has 8 heteroatoms. The maximum Gasteiger partial charge on any atom is 0.226 e. The Morgan fingerprint density at radius 2 is 1.57 bits per heavy atom. The molecule has 1 atom stereocenters. The number of imidazole rings is 2. The summed E-state index contributed by atoms with van der Waals surface area (Å²) in [6, 6.07) is 13.0. The second-order valence-electron chi connectivity index (χ2n) is 12.0. The molecular weight excluding hydrogens is 500 g/mol. The van der Waals surface area contributed by atoms with Crippen LogP contribution in [-0.4, -0.2) is 54.6 Å². The number of H-pyrrole nitrogens is 2. The number of aromatic nitrogens is 4. The van der Waals surface area contributed by atoms with Crippen LogP contribution in [0.15, 0.2) is 36.4 Å². The fraction of sp³-hybridized carbons (Fsp3) is 0.500. The quantitative estimate of drug-likeness (QED) is 0.281. The van der Waals surface area contributed by atoms with Crippen molar-refractivity contribution in [3.63, 3.8) is 0 Å². The molecule has 3 aliphatic rings. The minimum Gasteiger partial charge on any atom is -0.340 e. The molecule has 1 aliphatic heterocycles. The summed E-state index contributed by atoms with van der Waals surface area (Å²) in [6.45, 7) is 4.28. The first-order valence-corrected chi connectivity index (χ1v) is 15.1. The molecule has 2 aromatic heterocycles. The Hall–Kier alpha value is -3.68. The summed E-state index contributed by atoms with van der Waals surface area (Å²) in [7, 11) is 0. The topological polar surface area (TPSA) is 98.0 Å². The van der Waals surface area contributed by atoms with Crippen molar-refractivity contribution in [2.45, 2.75) is 77.3 Å². The number of nitrogens with one attached hydrogen (secondary N) is 2. The second kappa shape index (κ2) is 10.4. The zero-order valence-electron chi connectivity index (χ0n) is 23.3. The molecule has 7 rings (SSSR count). The van der Waals surface area contributed by atoms with Crippen LogP contribution in [0.3, 0.4) is 0 Å². The van der Waals surface area contributed by atoms with Crippen molar-refractivity contribution in [2.24, 2.45) is 11.8 Å². The van der Waals surface area contributed by atoms with Crippen molar-refractivity contribution in [1.29, 1.82) is 0 Å². The van der Waals surface area contributed by atoms with E-state index in [1.165, 1.54) is 11.1 Å². The molecule has 8 nitrogen and oxygen atoms in total. The summed E-state index contributed by atoms with van der Waals surface area (Å²) in [4.78, 5) is 46.1. The Balaban J connectivity index is 1.02. The number of nitrogens with zero attached hydrogens (tertiary/aromatic N) is 4. The lowest BCUT2D eigenvalue weighted by atomic mass is 10.0. The van der Waals surface area contributed by atoms with Gasteiger partial charge in [0.05, 0.1) is 34.7 Å². The van der Waals surface area contributed by atoms with E-state index >= 15 is 0 Å².